The minimum Gasteiger partial charge on any atom is -0.459 e. The zero-order valence-electron chi connectivity index (χ0n) is 23.5. The summed E-state index contributed by atoms with van der Waals surface area (Å²) in [6, 6.07) is 25.1. The first kappa shape index (κ1) is 28.5. The van der Waals surface area contributed by atoms with Crippen molar-refractivity contribution >= 4 is 34.9 Å². The van der Waals surface area contributed by atoms with Crippen molar-refractivity contribution in [3.05, 3.63) is 120 Å². The van der Waals surface area contributed by atoms with Crippen LogP contribution in [0.5, 0.6) is 0 Å². The highest BCUT2D eigenvalue weighted by atomic mass is 16.7. The van der Waals surface area contributed by atoms with E-state index >= 15 is 0 Å². The van der Waals surface area contributed by atoms with Crippen molar-refractivity contribution in [2.75, 3.05) is 12.3 Å². The second kappa shape index (κ2) is 12.3. The van der Waals surface area contributed by atoms with Gasteiger partial charge in [-0.3, -0.25) is 4.57 Å². The maximum Gasteiger partial charge on any atom is 0.338 e. The predicted octanol–water partition coefficient (Wildman–Crippen LogP) is 3.92. The number of nitrogens with two attached hydrogens (primary N) is 1. The lowest BCUT2D eigenvalue weighted by Gasteiger charge is -2.25. The Morgan fingerprint density at radius 2 is 1.30 bits per heavy atom. The van der Waals surface area contributed by atoms with Gasteiger partial charge in [0.2, 0.25) is 0 Å². The summed E-state index contributed by atoms with van der Waals surface area (Å²) in [6.07, 6.45) is -3.15. The van der Waals surface area contributed by atoms with Crippen molar-refractivity contribution in [1.82, 2.24) is 19.5 Å². The fraction of sp³-hybridized carbons (Fsp3) is 0.188. The van der Waals surface area contributed by atoms with Gasteiger partial charge in [-0.25, -0.2) is 29.3 Å². The van der Waals surface area contributed by atoms with Crippen LogP contribution in [-0.4, -0.2) is 62.3 Å². The third kappa shape index (κ3) is 5.83. The number of fused-ring (bicyclic) bond motifs is 1. The monoisotopic (exact) mass is 593 g/mol. The van der Waals surface area contributed by atoms with Gasteiger partial charge in [0, 0.05) is 0 Å². The Bertz CT molecular complexity index is 1800. The average Bonchev–Trinajstić information content (AvgIpc) is 3.62. The molecule has 0 amide bonds. The Labute approximate surface area is 251 Å². The average molecular weight is 594 g/mol. The number of nitrogens with zero attached hydrogens (tertiary/aromatic N) is 4. The molecule has 12 nitrogen and oxygen atoms in total. The van der Waals surface area contributed by atoms with Crippen LogP contribution in [0.2, 0.25) is 0 Å². The van der Waals surface area contributed by atoms with Gasteiger partial charge >= 0.3 is 17.9 Å². The van der Waals surface area contributed by atoms with Crippen LogP contribution in [0.25, 0.3) is 11.2 Å². The van der Waals surface area contributed by atoms with Crippen molar-refractivity contribution in [2.24, 2.45) is 0 Å². The zero-order chi connectivity index (χ0) is 30.6. The van der Waals surface area contributed by atoms with E-state index < -0.39 is 42.4 Å². The standard InChI is InChI=1S/C32H27N5O7/c1-19-35-27(33)24-28(36-19)37(18-34-24)29-26(44-32(40)22-15-9-4-10-16-22)25(43-31(39)21-13-7-3-8-14-21)23(42-29)17-41-30(38)20-11-5-2-6-12-20/h2-16,18,23,25-26,29H,17H2,1H3,(H2,33,35,36)/t23-,25-,26+,29+/m1/s1. The van der Waals surface area contributed by atoms with Gasteiger partial charge in [-0.2, -0.15) is 0 Å². The van der Waals surface area contributed by atoms with E-state index in [2.05, 4.69) is 15.0 Å². The number of carbonyl (C=O) groups excluding carboxylic acids is 3. The number of anilines is 1. The molecule has 1 aliphatic heterocycles. The van der Waals surface area contributed by atoms with Crippen LogP contribution in [0.4, 0.5) is 5.82 Å². The number of hydrogen-bond donors (Lipinski definition) is 1. The van der Waals surface area contributed by atoms with Crippen molar-refractivity contribution < 1.29 is 33.3 Å². The summed E-state index contributed by atoms with van der Waals surface area (Å²) >= 11 is 0. The molecule has 3 heterocycles. The molecule has 0 spiro atoms. The van der Waals surface area contributed by atoms with Gasteiger partial charge in [-0.15, -0.1) is 0 Å². The molecule has 6 rings (SSSR count). The van der Waals surface area contributed by atoms with E-state index in [-0.39, 0.29) is 23.6 Å². The molecule has 12 heteroatoms. The number of benzene rings is 3. The lowest BCUT2D eigenvalue weighted by Crippen LogP contribution is -2.41. The molecular formula is C32H27N5O7. The molecule has 222 valence electrons. The minimum absolute atomic E-state index is 0.155. The molecule has 0 aliphatic carbocycles. The molecule has 1 saturated heterocycles. The number of carbonyl (C=O) groups is 3. The zero-order valence-corrected chi connectivity index (χ0v) is 23.5. The highest BCUT2D eigenvalue weighted by molar-refractivity contribution is 5.91. The Hall–Kier alpha value is -5.62. The van der Waals surface area contributed by atoms with Crippen LogP contribution in [0.1, 0.15) is 43.1 Å². The van der Waals surface area contributed by atoms with E-state index in [0.717, 1.165) is 0 Å². The fourth-order valence-electron chi connectivity index (χ4n) is 4.92. The molecule has 2 aromatic heterocycles. The normalized spacial score (nSPS) is 19.4. The summed E-state index contributed by atoms with van der Waals surface area (Å²) in [5.41, 5.74) is 7.60. The number of hydrogen-bond acceptors (Lipinski definition) is 11. The minimum atomic E-state index is -1.22. The third-order valence-corrected chi connectivity index (χ3v) is 7.01. The van der Waals surface area contributed by atoms with Crippen LogP contribution < -0.4 is 5.73 Å². The van der Waals surface area contributed by atoms with Gasteiger partial charge in [0.25, 0.3) is 0 Å². The van der Waals surface area contributed by atoms with Crippen LogP contribution >= 0.6 is 0 Å². The quantitative estimate of drug-likeness (QED) is 0.205. The summed E-state index contributed by atoms with van der Waals surface area (Å²) in [4.78, 5) is 52.5. The van der Waals surface area contributed by atoms with E-state index in [4.69, 9.17) is 24.7 Å². The van der Waals surface area contributed by atoms with Crippen molar-refractivity contribution in [2.45, 2.75) is 31.5 Å². The maximum atomic E-state index is 13.4. The van der Waals surface area contributed by atoms with Gasteiger partial charge in [0.05, 0.1) is 23.0 Å². The second-order valence-electron chi connectivity index (χ2n) is 9.98. The number of aromatic nitrogens is 4. The molecule has 1 aliphatic rings. The van der Waals surface area contributed by atoms with Crippen LogP contribution in [0, 0.1) is 6.92 Å². The van der Waals surface area contributed by atoms with Gasteiger partial charge in [0.15, 0.2) is 29.9 Å². The van der Waals surface area contributed by atoms with Gasteiger partial charge in [0.1, 0.15) is 24.1 Å². The Morgan fingerprint density at radius 1 is 0.773 bits per heavy atom. The summed E-state index contributed by atoms with van der Waals surface area (Å²) in [6.45, 7) is 1.35. The first-order chi connectivity index (χ1) is 21.4. The van der Waals surface area contributed by atoms with E-state index in [1.165, 1.54) is 10.9 Å². The van der Waals surface area contributed by atoms with Gasteiger partial charge in [-0.05, 0) is 43.3 Å². The molecule has 0 bridgehead atoms. The van der Waals surface area contributed by atoms with E-state index in [9.17, 15) is 14.4 Å². The SMILES string of the molecule is Cc1nc(N)c2ncn([C@H]3O[C@H](COC(=O)c4ccccc4)[C@@H](OC(=O)c4ccccc4)[C@@H]3OC(=O)c3ccccc3)c2n1. The molecule has 1 fully saturated rings. The number of imidazole rings is 1. The lowest BCUT2D eigenvalue weighted by molar-refractivity contribution is -0.0606. The Balaban J connectivity index is 1.39. The van der Waals surface area contributed by atoms with E-state index in [1.54, 1.807) is 97.9 Å². The summed E-state index contributed by atoms with van der Waals surface area (Å²) in [5, 5.41) is 0. The molecule has 0 saturated carbocycles. The number of esters is 3. The maximum absolute atomic E-state index is 13.4. The molecule has 44 heavy (non-hydrogen) atoms. The first-order valence-corrected chi connectivity index (χ1v) is 13.8. The van der Waals surface area contributed by atoms with E-state index in [1.807, 2.05) is 0 Å². The predicted molar refractivity (Wildman–Crippen MR) is 156 cm³/mol. The van der Waals surface area contributed by atoms with Crippen molar-refractivity contribution in [1.29, 1.82) is 0 Å². The largest absolute Gasteiger partial charge is 0.459 e. The van der Waals surface area contributed by atoms with Crippen LogP contribution in [-0.2, 0) is 18.9 Å². The van der Waals surface area contributed by atoms with Crippen LogP contribution in [0.3, 0.4) is 0 Å². The molecule has 5 aromatic rings. The molecule has 3 aromatic carbocycles. The molecule has 0 unspecified atom stereocenters. The Morgan fingerprint density at radius 3 is 1.86 bits per heavy atom. The second-order valence-corrected chi connectivity index (χ2v) is 9.98. The molecule has 2 N–H and O–H groups in total. The van der Waals surface area contributed by atoms with Crippen LogP contribution in [0.15, 0.2) is 97.3 Å². The van der Waals surface area contributed by atoms with Crippen molar-refractivity contribution in [3.8, 4) is 0 Å². The topological polar surface area (TPSA) is 158 Å². The lowest BCUT2D eigenvalue weighted by atomic mass is 10.1. The van der Waals surface area contributed by atoms with Crippen molar-refractivity contribution in [3.63, 3.8) is 0 Å². The highest BCUT2D eigenvalue weighted by Crippen LogP contribution is 2.37. The van der Waals surface area contributed by atoms with Gasteiger partial charge < -0.3 is 24.7 Å². The Kier molecular flexibility index (Phi) is 7.98. The number of ether oxygens (including phenoxy) is 4. The smallest absolute Gasteiger partial charge is 0.338 e. The van der Waals surface area contributed by atoms with Gasteiger partial charge in [-0.1, -0.05) is 54.6 Å². The summed E-state index contributed by atoms with van der Waals surface area (Å²) < 4.78 is 25.5. The molecule has 0 radical (unpaired) electrons. The summed E-state index contributed by atoms with van der Waals surface area (Å²) in [5.74, 6) is -1.43. The number of aryl methyl sites for hydroxylation is 1. The first-order valence-electron chi connectivity index (χ1n) is 13.8. The van der Waals surface area contributed by atoms with E-state index in [0.29, 0.717) is 22.6 Å². The number of rotatable bonds is 8. The highest BCUT2D eigenvalue weighted by Gasteiger charge is 2.52. The fourth-order valence-corrected chi connectivity index (χ4v) is 4.92. The molecule has 4 atom stereocenters. The summed E-state index contributed by atoms with van der Waals surface area (Å²) in [7, 11) is 0. The number of nitrogen functional groups attached to an aromatic ring is 1. The third-order valence-electron chi connectivity index (χ3n) is 7.01. The molecular weight excluding hydrogens is 566 g/mol.